The molecule has 1 N–H and O–H groups in total. The normalized spacial score (nSPS) is 10.1. The van der Waals surface area contributed by atoms with Crippen LogP contribution in [0.4, 0.5) is 0 Å². The molecule has 0 saturated carbocycles. The molecular formula is C17H21NO2. The van der Waals surface area contributed by atoms with Gasteiger partial charge >= 0.3 is 0 Å². The minimum Gasteiger partial charge on any atom is -0.484 e. The van der Waals surface area contributed by atoms with Crippen LogP contribution in [0.2, 0.25) is 0 Å². The van der Waals surface area contributed by atoms with E-state index < -0.39 is 0 Å². The Morgan fingerprint density at radius 3 is 2.55 bits per heavy atom. The van der Waals surface area contributed by atoms with Crippen LogP contribution in [0.1, 0.15) is 13.9 Å². The van der Waals surface area contributed by atoms with Gasteiger partial charge in [-0.3, -0.25) is 4.79 Å². The molecule has 0 radical (unpaired) electrons. The zero-order valence-corrected chi connectivity index (χ0v) is 11.8. The van der Waals surface area contributed by atoms with Crippen LogP contribution in [0.5, 0.6) is 5.75 Å². The lowest BCUT2D eigenvalue weighted by molar-refractivity contribution is -0.122. The van der Waals surface area contributed by atoms with Crippen LogP contribution in [-0.4, -0.2) is 19.1 Å². The lowest BCUT2D eigenvalue weighted by Gasteiger charge is -2.07. The van der Waals surface area contributed by atoms with Gasteiger partial charge in [0.1, 0.15) is 5.75 Å². The summed E-state index contributed by atoms with van der Waals surface area (Å²) in [4.78, 5) is 11.3. The van der Waals surface area contributed by atoms with Crippen molar-refractivity contribution >= 4 is 5.91 Å². The Morgan fingerprint density at radius 2 is 1.90 bits per heavy atom. The third kappa shape index (κ3) is 3.85. The number of rotatable bonds is 5. The van der Waals surface area contributed by atoms with Crippen molar-refractivity contribution in [1.82, 2.24) is 5.32 Å². The summed E-state index contributed by atoms with van der Waals surface area (Å²) in [6.45, 7) is 4.63. The SMILES string of the molecule is CCNC(=O)COc1ccc(-c2cccc(C)c2)cc1.[HH]. The van der Waals surface area contributed by atoms with Crippen molar-refractivity contribution in [3.8, 4) is 16.9 Å². The maximum absolute atomic E-state index is 11.3. The molecule has 0 heterocycles. The Labute approximate surface area is 121 Å². The highest BCUT2D eigenvalue weighted by molar-refractivity contribution is 5.77. The first kappa shape index (κ1) is 14.1. The molecule has 0 aliphatic rings. The predicted octanol–water partition coefficient (Wildman–Crippen LogP) is 3.42. The van der Waals surface area contributed by atoms with E-state index in [0.29, 0.717) is 12.3 Å². The molecular weight excluding hydrogens is 250 g/mol. The van der Waals surface area contributed by atoms with E-state index in [4.69, 9.17) is 4.74 Å². The Balaban J connectivity index is 0.00000220. The molecule has 2 rings (SSSR count). The van der Waals surface area contributed by atoms with Crippen LogP contribution in [0, 0.1) is 6.92 Å². The molecule has 3 nitrogen and oxygen atoms in total. The zero-order valence-electron chi connectivity index (χ0n) is 11.8. The number of likely N-dealkylation sites (N-methyl/N-ethyl adjacent to an activating group) is 1. The molecule has 0 saturated heterocycles. The standard InChI is InChI=1S/C17H19NO2.H2/c1-3-18-17(19)12-20-16-9-7-14(8-10-16)15-6-4-5-13(2)11-15;/h4-11H,3,12H2,1-2H3,(H,18,19);1H. The maximum Gasteiger partial charge on any atom is 0.257 e. The molecule has 20 heavy (non-hydrogen) atoms. The molecule has 3 heteroatoms. The molecule has 0 unspecified atom stereocenters. The number of carbonyl (C=O) groups is 1. The fraction of sp³-hybridized carbons (Fsp3) is 0.235. The maximum atomic E-state index is 11.3. The van der Waals surface area contributed by atoms with Gasteiger partial charge in [0.25, 0.3) is 5.91 Å². The Morgan fingerprint density at radius 1 is 1.15 bits per heavy atom. The Hall–Kier alpha value is -2.29. The van der Waals surface area contributed by atoms with Crippen LogP contribution in [0.25, 0.3) is 11.1 Å². The summed E-state index contributed by atoms with van der Waals surface area (Å²) in [5.74, 6) is 0.600. The first-order valence-electron chi connectivity index (χ1n) is 6.75. The summed E-state index contributed by atoms with van der Waals surface area (Å²) < 4.78 is 5.42. The molecule has 0 bridgehead atoms. The van der Waals surface area contributed by atoms with Crippen LogP contribution >= 0.6 is 0 Å². The van der Waals surface area contributed by atoms with E-state index in [0.717, 1.165) is 5.56 Å². The van der Waals surface area contributed by atoms with Gasteiger partial charge in [-0.1, -0.05) is 42.0 Å². The van der Waals surface area contributed by atoms with Gasteiger partial charge in [0.2, 0.25) is 0 Å². The van der Waals surface area contributed by atoms with Gasteiger partial charge in [0.05, 0.1) is 0 Å². The smallest absolute Gasteiger partial charge is 0.257 e. The van der Waals surface area contributed by atoms with Crippen LogP contribution in [0.3, 0.4) is 0 Å². The van der Waals surface area contributed by atoms with Crippen LogP contribution in [-0.2, 0) is 4.79 Å². The van der Waals surface area contributed by atoms with E-state index in [-0.39, 0.29) is 13.9 Å². The number of hydrogen-bond acceptors (Lipinski definition) is 2. The molecule has 0 aliphatic heterocycles. The zero-order chi connectivity index (χ0) is 14.4. The van der Waals surface area contributed by atoms with Crippen molar-refractivity contribution in [3.05, 3.63) is 54.1 Å². The quantitative estimate of drug-likeness (QED) is 0.905. The van der Waals surface area contributed by atoms with Crippen molar-refractivity contribution in [2.45, 2.75) is 13.8 Å². The van der Waals surface area contributed by atoms with E-state index in [1.165, 1.54) is 11.1 Å². The van der Waals surface area contributed by atoms with Crippen molar-refractivity contribution < 1.29 is 11.0 Å². The summed E-state index contributed by atoms with van der Waals surface area (Å²) in [6.07, 6.45) is 0. The lowest BCUT2D eigenvalue weighted by Crippen LogP contribution is -2.28. The van der Waals surface area contributed by atoms with Crippen LogP contribution in [0.15, 0.2) is 48.5 Å². The van der Waals surface area contributed by atoms with Crippen molar-refractivity contribution in [2.75, 3.05) is 13.2 Å². The first-order chi connectivity index (χ1) is 9.69. The molecule has 0 atom stereocenters. The van der Waals surface area contributed by atoms with Crippen molar-refractivity contribution in [2.24, 2.45) is 0 Å². The van der Waals surface area contributed by atoms with Crippen molar-refractivity contribution in [1.29, 1.82) is 0 Å². The molecule has 0 aromatic heterocycles. The molecule has 0 aliphatic carbocycles. The van der Waals surface area contributed by atoms with Gasteiger partial charge in [0.15, 0.2) is 6.61 Å². The third-order valence-electron chi connectivity index (χ3n) is 2.95. The monoisotopic (exact) mass is 271 g/mol. The second-order valence-corrected chi connectivity index (χ2v) is 4.64. The number of ether oxygens (including phenoxy) is 1. The number of hydrogen-bond donors (Lipinski definition) is 1. The molecule has 106 valence electrons. The first-order valence-corrected chi connectivity index (χ1v) is 6.75. The molecule has 1 amide bonds. The van der Waals surface area contributed by atoms with Gasteiger partial charge in [-0.2, -0.15) is 0 Å². The Kier molecular flexibility index (Phi) is 4.77. The predicted molar refractivity (Wildman–Crippen MR) is 82.9 cm³/mol. The summed E-state index contributed by atoms with van der Waals surface area (Å²) in [5, 5.41) is 2.70. The number of nitrogens with one attached hydrogen (secondary N) is 1. The Bertz CT molecular complexity index is 582. The average Bonchev–Trinajstić information content (AvgIpc) is 2.46. The van der Waals surface area contributed by atoms with Crippen LogP contribution < -0.4 is 10.1 Å². The molecule has 2 aromatic carbocycles. The summed E-state index contributed by atoms with van der Waals surface area (Å²) in [6, 6.07) is 16.1. The highest BCUT2D eigenvalue weighted by atomic mass is 16.5. The molecule has 2 aromatic rings. The van der Waals surface area contributed by atoms with Gasteiger partial charge in [-0.15, -0.1) is 0 Å². The summed E-state index contributed by atoms with van der Waals surface area (Å²) >= 11 is 0. The van der Waals surface area contributed by atoms with E-state index in [1.807, 2.05) is 37.3 Å². The number of aryl methyl sites for hydroxylation is 1. The minimum absolute atomic E-state index is 0. The van der Waals surface area contributed by atoms with Gasteiger partial charge in [0, 0.05) is 7.97 Å². The third-order valence-corrected chi connectivity index (χ3v) is 2.95. The van der Waals surface area contributed by atoms with Gasteiger partial charge in [-0.05, 0) is 37.1 Å². The van der Waals surface area contributed by atoms with E-state index in [9.17, 15) is 4.79 Å². The summed E-state index contributed by atoms with van der Waals surface area (Å²) in [5.41, 5.74) is 3.55. The highest BCUT2D eigenvalue weighted by Crippen LogP contribution is 2.23. The number of benzene rings is 2. The van der Waals surface area contributed by atoms with E-state index >= 15 is 0 Å². The second-order valence-electron chi connectivity index (χ2n) is 4.64. The fourth-order valence-corrected chi connectivity index (χ4v) is 1.97. The number of amides is 1. The molecule has 0 fully saturated rings. The topological polar surface area (TPSA) is 38.3 Å². The second kappa shape index (κ2) is 6.75. The molecule has 0 spiro atoms. The fourth-order valence-electron chi connectivity index (χ4n) is 1.97. The average molecular weight is 271 g/mol. The minimum atomic E-state index is -0.102. The van der Waals surface area contributed by atoms with E-state index in [1.54, 1.807) is 0 Å². The summed E-state index contributed by atoms with van der Waals surface area (Å²) in [7, 11) is 0. The van der Waals surface area contributed by atoms with E-state index in [2.05, 4.69) is 30.4 Å². The van der Waals surface area contributed by atoms with Gasteiger partial charge in [-0.25, -0.2) is 0 Å². The number of carbonyl (C=O) groups excluding carboxylic acids is 1. The largest absolute Gasteiger partial charge is 0.484 e. The lowest BCUT2D eigenvalue weighted by atomic mass is 10.0. The van der Waals surface area contributed by atoms with Crippen molar-refractivity contribution in [3.63, 3.8) is 0 Å². The highest BCUT2D eigenvalue weighted by Gasteiger charge is 2.02. The van der Waals surface area contributed by atoms with Gasteiger partial charge < -0.3 is 10.1 Å².